The molecule has 0 aliphatic carbocycles. The topological polar surface area (TPSA) is 58.6 Å². The smallest absolute Gasteiger partial charge is 0.243 e. The molecule has 1 N–H and O–H groups in total. The van der Waals surface area contributed by atoms with Gasteiger partial charge in [-0.15, -0.1) is 0 Å². The lowest BCUT2D eigenvalue weighted by Gasteiger charge is -2.17. The summed E-state index contributed by atoms with van der Waals surface area (Å²) < 4.78 is 31.9. The van der Waals surface area contributed by atoms with Gasteiger partial charge in [-0.1, -0.05) is 6.07 Å². The quantitative estimate of drug-likeness (QED) is 0.879. The molecule has 1 aromatic rings. The summed E-state index contributed by atoms with van der Waals surface area (Å²) in [4.78, 5) is 0.319. The molecule has 5 nitrogen and oxygen atoms in total. The van der Waals surface area contributed by atoms with Gasteiger partial charge in [-0.25, -0.2) is 8.42 Å². The monoisotopic (exact) mass is 282 g/mol. The molecule has 2 saturated heterocycles. The molecule has 0 aromatic heterocycles. The molecule has 3 rings (SSSR count). The number of rotatable bonds is 3. The molecule has 0 bridgehead atoms. The molecule has 0 radical (unpaired) electrons. The van der Waals surface area contributed by atoms with Crippen LogP contribution >= 0.6 is 0 Å². The molecule has 0 amide bonds. The zero-order valence-electron chi connectivity index (χ0n) is 10.9. The molecule has 2 aliphatic heterocycles. The number of sulfonamides is 1. The zero-order chi connectivity index (χ0) is 13.5. The summed E-state index contributed by atoms with van der Waals surface area (Å²) in [5, 5.41) is 3.31. The fraction of sp³-hybridized carbons (Fsp3) is 0.538. The second-order valence-corrected chi connectivity index (χ2v) is 7.12. The van der Waals surface area contributed by atoms with E-state index in [2.05, 4.69) is 5.32 Å². The Balaban J connectivity index is 1.86. The number of fused-ring (bicyclic) bond motifs is 1. The largest absolute Gasteiger partial charge is 0.497 e. The van der Waals surface area contributed by atoms with Gasteiger partial charge in [0.25, 0.3) is 0 Å². The van der Waals surface area contributed by atoms with Crippen LogP contribution in [0.4, 0.5) is 0 Å². The average Bonchev–Trinajstić information content (AvgIpc) is 2.99. The normalized spacial score (nSPS) is 27.4. The van der Waals surface area contributed by atoms with Gasteiger partial charge in [-0.05, 0) is 37.1 Å². The van der Waals surface area contributed by atoms with Crippen molar-refractivity contribution in [2.24, 2.45) is 11.8 Å². The summed E-state index contributed by atoms with van der Waals surface area (Å²) in [5.74, 6) is 1.49. The third-order valence-electron chi connectivity index (χ3n) is 4.03. The molecule has 2 atom stereocenters. The van der Waals surface area contributed by atoms with E-state index in [9.17, 15) is 8.42 Å². The number of ether oxygens (including phenoxy) is 1. The predicted octanol–water partition coefficient (Wildman–Crippen LogP) is 0.535. The van der Waals surface area contributed by atoms with Crippen LogP contribution in [0.15, 0.2) is 29.2 Å². The lowest BCUT2D eigenvalue weighted by molar-refractivity contribution is 0.412. The molecule has 0 saturated carbocycles. The lowest BCUT2D eigenvalue weighted by Crippen LogP contribution is -2.31. The van der Waals surface area contributed by atoms with Crippen LogP contribution < -0.4 is 10.1 Å². The third-order valence-corrected chi connectivity index (χ3v) is 5.86. The Morgan fingerprint density at radius 1 is 1.26 bits per heavy atom. The first-order valence-corrected chi connectivity index (χ1v) is 7.90. The van der Waals surface area contributed by atoms with Gasteiger partial charge in [0.2, 0.25) is 10.0 Å². The Morgan fingerprint density at radius 2 is 1.95 bits per heavy atom. The number of nitrogens with zero attached hydrogens (tertiary/aromatic N) is 1. The Bertz CT molecular complexity index is 561. The van der Waals surface area contributed by atoms with E-state index in [1.807, 2.05) is 0 Å². The first-order chi connectivity index (χ1) is 9.11. The minimum absolute atomic E-state index is 0.319. The second kappa shape index (κ2) is 4.77. The average molecular weight is 282 g/mol. The van der Waals surface area contributed by atoms with Crippen LogP contribution in [-0.4, -0.2) is 46.0 Å². The highest BCUT2D eigenvalue weighted by Gasteiger charge is 2.41. The number of benzene rings is 1. The number of hydrogen-bond acceptors (Lipinski definition) is 4. The summed E-state index contributed by atoms with van der Waals surface area (Å²) in [6, 6.07) is 6.68. The van der Waals surface area contributed by atoms with Gasteiger partial charge < -0.3 is 10.1 Å². The predicted molar refractivity (Wildman–Crippen MR) is 71.6 cm³/mol. The van der Waals surface area contributed by atoms with Crippen LogP contribution in [0.5, 0.6) is 5.75 Å². The summed E-state index contributed by atoms with van der Waals surface area (Å²) in [7, 11) is -1.85. The van der Waals surface area contributed by atoms with Crippen LogP contribution in [0.25, 0.3) is 0 Å². The molecule has 0 unspecified atom stereocenters. The second-order valence-electron chi connectivity index (χ2n) is 5.18. The van der Waals surface area contributed by atoms with Crippen molar-refractivity contribution in [3.8, 4) is 5.75 Å². The van der Waals surface area contributed by atoms with Crippen molar-refractivity contribution in [3.05, 3.63) is 24.3 Å². The molecule has 6 heteroatoms. The molecule has 1 aromatic carbocycles. The van der Waals surface area contributed by atoms with Gasteiger partial charge in [-0.3, -0.25) is 0 Å². The van der Waals surface area contributed by atoms with E-state index >= 15 is 0 Å². The van der Waals surface area contributed by atoms with Crippen LogP contribution in [-0.2, 0) is 10.0 Å². The van der Waals surface area contributed by atoms with Crippen molar-refractivity contribution in [3.63, 3.8) is 0 Å². The Labute approximate surface area is 113 Å². The van der Waals surface area contributed by atoms with E-state index in [-0.39, 0.29) is 0 Å². The molecule has 104 valence electrons. The van der Waals surface area contributed by atoms with Gasteiger partial charge >= 0.3 is 0 Å². The summed E-state index contributed by atoms with van der Waals surface area (Å²) in [6.07, 6.45) is 0. The lowest BCUT2D eigenvalue weighted by atomic mass is 10.0. The fourth-order valence-corrected chi connectivity index (χ4v) is 4.51. The molecule has 19 heavy (non-hydrogen) atoms. The van der Waals surface area contributed by atoms with E-state index in [0.717, 1.165) is 13.1 Å². The maximum Gasteiger partial charge on any atom is 0.243 e. The summed E-state index contributed by atoms with van der Waals surface area (Å²) in [5.41, 5.74) is 0. The van der Waals surface area contributed by atoms with Gasteiger partial charge in [0.15, 0.2) is 0 Å². The van der Waals surface area contributed by atoms with E-state index < -0.39 is 10.0 Å². The Hall–Kier alpha value is -1.11. The standard InChI is InChI=1S/C13H18N2O3S/c1-18-12-3-2-4-13(5-12)19(16,17)15-8-10-6-14-7-11(10)9-15/h2-5,10-11,14H,6-9H2,1H3/t10-,11+. The van der Waals surface area contributed by atoms with Crippen LogP contribution in [0.2, 0.25) is 0 Å². The van der Waals surface area contributed by atoms with Crippen molar-refractivity contribution in [1.82, 2.24) is 9.62 Å². The Kier molecular flexibility index (Phi) is 3.24. The molecule has 0 spiro atoms. The highest BCUT2D eigenvalue weighted by atomic mass is 32.2. The van der Waals surface area contributed by atoms with Crippen LogP contribution in [0.3, 0.4) is 0 Å². The van der Waals surface area contributed by atoms with Gasteiger partial charge in [0.05, 0.1) is 12.0 Å². The minimum atomic E-state index is -3.39. The first-order valence-electron chi connectivity index (χ1n) is 6.46. The fourth-order valence-electron chi connectivity index (χ4n) is 2.92. The maximum atomic E-state index is 12.6. The molecule has 2 aliphatic rings. The van der Waals surface area contributed by atoms with Gasteiger partial charge in [0, 0.05) is 19.2 Å². The number of hydrogen-bond donors (Lipinski definition) is 1. The highest BCUT2D eigenvalue weighted by Crippen LogP contribution is 2.31. The van der Waals surface area contributed by atoms with Crippen molar-refractivity contribution >= 4 is 10.0 Å². The molecule has 2 fully saturated rings. The van der Waals surface area contributed by atoms with E-state index in [1.165, 1.54) is 7.11 Å². The molecule has 2 heterocycles. The first kappa shape index (κ1) is 12.9. The van der Waals surface area contributed by atoms with Crippen molar-refractivity contribution in [1.29, 1.82) is 0 Å². The van der Waals surface area contributed by atoms with E-state index in [1.54, 1.807) is 28.6 Å². The number of methoxy groups -OCH3 is 1. The highest BCUT2D eigenvalue weighted by molar-refractivity contribution is 7.89. The van der Waals surface area contributed by atoms with Crippen molar-refractivity contribution in [2.75, 3.05) is 33.3 Å². The van der Waals surface area contributed by atoms with Crippen molar-refractivity contribution < 1.29 is 13.2 Å². The molecular weight excluding hydrogens is 264 g/mol. The number of nitrogens with one attached hydrogen (secondary N) is 1. The maximum absolute atomic E-state index is 12.6. The van der Waals surface area contributed by atoms with Gasteiger partial charge in [-0.2, -0.15) is 4.31 Å². The van der Waals surface area contributed by atoms with E-state index in [4.69, 9.17) is 4.74 Å². The van der Waals surface area contributed by atoms with Crippen LogP contribution in [0.1, 0.15) is 0 Å². The zero-order valence-corrected chi connectivity index (χ0v) is 11.7. The third kappa shape index (κ3) is 2.24. The van der Waals surface area contributed by atoms with Gasteiger partial charge in [0.1, 0.15) is 5.75 Å². The van der Waals surface area contributed by atoms with Crippen molar-refractivity contribution in [2.45, 2.75) is 4.90 Å². The summed E-state index contributed by atoms with van der Waals surface area (Å²) in [6.45, 7) is 3.10. The van der Waals surface area contributed by atoms with Crippen LogP contribution in [0, 0.1) is 11.8 Å². The van der Waals surface area contributed by atoms with E-state index in [0.29, 0.717) is 35.6 Å². The SMILES string of the molecule is COc1cccc(S(=O)(=O)N2C[C@H]3CNC[C@H]3C2)c1. The summed E-state index contributed by atoms with van der Waals surface area (Å²) >= 11 is 0. The Morgan fingerprint density at radius 3 is 2.58 bits per heavy atom. The minimum Gasteiger partial charge on any atom is -0.497 e. The molecular formula is C13H18N2O3S.